The van der Waals surface area contributed by atoms with Crippen LogP contribution in [-0.2, 0) is 6.54 Å². The van der Waals surface area contributed by atoms with Crippen LogP contribution < -0.4 is 15.0 Å². The average Bonchev–Trinajstić information content (AvgIpc) is 2.90. The first-order valence-electron chi connectivity index (χ1n) is 8.80. The lowest BCUT2D eigenvalue weighted by Gasteiger charge is -2.11. The average molecular weight is 363 g/mol. The summed E-state index contributed by atoms with van der Waals surface area (Å²) in [5, 5.41) is 12.6. The molecule has 0 bridgehead atoms. The molecule has 8 heteroatoms. The predicted molar refractivity (Wildman–Crippen MR) is 98.4 cm³/mol. The second-order valence-electron chi connectivity index (χ2n) is 6.57. The summed E-state index contributed by atoms with van der Waals surface area (Å²) in [5.41, 5.74) is 3.13. The number of benzene rings is 1. The molecule has 1 aromatic carbocycles. The van der Waals surface area contributed by atoms with E-state index in [1.54, 1.807) is 15.3 Å². The molecule has 136 valence electrons. The Morgan fingerprint density at radius 2 is 1.93 bits per heavy atom. The van der Waals surface area contributed by atoms with Gasteiger partial charge in [0.05, 0.1) is 25.5 Å². The number of hydrogen-bond donors (Lipinski definition) is 0. The summed E-state index contributed by atoms with van der Waals surface area (Å²) in [6, 6.07) is 9.42. The van der Waals surface area contributed by atoms with Gasteiger partial charge in [-0.05, 0) is 30.7 Å². The topological polar surface area (TPSA) is 83.5 Å². The van der Waals surface area contributed by atoms with Crippen LogP contribution in [0.3, 0.4) is 0 Å². The molecule has 0 spiro atoms. The van der Waals surface area contributed by atoms with Gasteiger partial charge in [0.25, 0.3) is 5.56 Å². The molecule has 4 aromatic rings. The summed E-state index contributed by atoms with van der Waals surface area (Å²) in [6.45, 7) is 3.56. The Morgan fingerprint density at radius 3 is 2.81 bits per heavy atom. The maximum absolute atomic E-state index is 12.9. The van der Waals surface area contributed by atoms with E-state index in [0.29, 0.717) is 42.2 Å². The summed E-state index contributed by atoms with van der Waals surface area (Å²) in [5.74, 6) is 1.46. The molecule has 4 heterocycles. The minimum Gasteiger partial charge on any atom is -0.490 e. The van der Waals surface area contributed by atoms with E-state index in [-0.39, 0.29) is 5.56 Å². The Bertz CT molecular complexity index is 1230. The van der Waals surface area contributed by atoms with E-state index < -0.39 is 0 Å². The lowest BCUT2D eigenvalue weighted by molar-refractivity contribution is 0.297. The van der Waals surface area contributed by atoms with Gasteiger partial charge in [-0.3, -0.25) is 4.79 Å². The molecule has 0 amide bonds. The van der Waals surface area contributed by atoms with Gasteiger partial charge in [0, 0.05) is 18.7 Å². The van der Waals surface area contributed by atoms with Gasteiger partial charge in [0.2, 0.25) is 0 Å². The number of pyridine rings is 1. The van der Waals surface area contributed by atoms with Gasteiger partial charge in [0.1, 0.15) is 5.52 Å². The highest BCUT2D eigenvalue weighted by atomic mass is 16.5. The molecule has 0 unspecified atom stereocenters. The number of rotatable bonds is 2. The number of ether oxygens (including phenoxy) is 2. The van der Waals surface area contributed by atoms with Gasteiger partial charge < -0.3 is 14.0 Å². The normalized spacial score (nSPS) is 13.8. The minimum atomic E-state index is -0.206. The smallest absolute Gasteiger partial charge is 0.280 e. The van der Waals surface area contributed by atoms with Crippen LogP contribution in [0, 0.1) is 6.92 Å². The molecule has 1 aliphatic heterocycles. The van der Waals surface area contributed by atoms with E-state index in [2.05, 4.69) is 15.3 Å². The fourth-order valence-corrected chi connectivity index (χ4v) is 3.28. The number of fused-ring (bicyclic) bond motifs is 4. The molecule has 5 rings (SSSR count). The van der Waals surface area contributed by atoms with Crippen molar-refractivity contribution in [2.24, 2.45) is 0 Å². The van der Waals surface area contributed by atoms with Crippen LogP contribution in [0.2, 0.25) is 0 Å². The fraction of sp³-hybridized carbons (Fsp3) is 0.263. The van der Waals surface area contributed by atoms with Gasteiger partial charge in [-0.15, -0.1) is 10.2 Å². The molecule has 0 atom stereocenters. The molecule has 0 saturated heterocycles. The molecule has 0 fully saturated rings. The van der Waals surface area contributed by atoms with Crippen molar-refractivity contribution in [3.05, 3.63) is 58.1 Å². The molecular formula is C19H17N5O3. The number of aromatic nitrogens is 5. The molecule has 8 nitrogen and oxygen atoms in total. The van der Waals surface area contributed by atoms with Crippen LogP contribution in [-0.4, -0.2) is 37.6 Å². The number of aryl methyl sites for hydroxylation is 1. The molecule has 1 aliphatic rings. The Balaban J connectivity index is 1.56. The Morgan fingerprint density at radius 1 is 1.07 bits per heavy atom. The lowest BCUT2D eigenvalue weighted by atomic mass is 10.2. The van der Waals surface area contributed by atoms with Crippen molar-refractivity contribution in [2.75, 3.05) is 13.2 Å². The standard InChI is InChI=1S/C19H17N5O3/c1-12-9-17-20-21-18-14(24(17)22-12)5-6-23(19(18)25)11-13-3-4-15-16(10-13)27-8-2-7-26-15/h3-6,9-10H,2,7-8,11H2,1H3. The third-order valence-corrected chi connectivity index (χ3v) is 4.58. The van der Waals surface area contributed by atoms with Crippen molar-refractivity contribution >= 4 is 16.7 Å². The molecular weight excluding hydrogens is 346 g/mol. The molecule has 0 saturated carbocycles. The summed E-state index contributed by atoms with van der Waals surface area (Å²) >= 11 is 0. The monoisotopic (exact) mass is 363 g/mol. The van der Waals surface area contributed by atoms with Gasteiger partial charge in [0.15, 0.2) is 22.7 Å². The zero-order chi connectivity index (χ0) is 18.4. The first kappa shape index (κ1) is 15.8. The van der Waals surface area contributed by atoms with Crippen molar-refractivity contribution in [3.8, 4) is 11.5 Å². The zero-order valence-electron chi connectivity index (χ0n) is 14.8. The highest BCUT2D eigenvalue weighted by Crippen LogP contribution is 2.30. The summed E-state index contributed by atoms with van der Waals surface area (Å²) in [6.07, 6.45) is 2.61. The zero-order valence-corrected chi connectivity index (χ0v) is 14.8. The van der Waals surface area contributed by atoms with Crippen molar-refractivity contribution in [3.63, 3.8) is 0 Å². The maximum Gasteiger partial charge on any atom is 0.280 e. The van der Waals surface area contributed by atoms with E-state index in [0.717, 1.165) is 23.4 Å². The molecule has 0 N–H and O–H groups in total. The van der Waals surface area contributed by atoms with Gasteiger partial charge in [-0.25, -0.2) is 4.52 Å². The summed E-state index contributed by atoms with van der Waals surface area (Å²) in [4.78, 5) is 12.9. The van der Waals surface area contributed by atoms with E-state index >= 15 is 0 Å². The lowest BCUT2D eigenvalue weighted by Crippen LogP contribution is -2.22. The fourth-order valence-electron chi connectivity index (χ4n) is 3.28. The third-order valence-electron chi connectivity index (χ3n) is 4.58. The van der Waals surface area contributed by atoms with Crippen LogP contribution in [0.4, 0.5) is 0 Å². The third kappa shape index (κ3) is 2.69. The summed E-state index contributed by atoms with van der Waals surface area (Å²) < 4.78 is 14.6. The highest BCUT2D eigenvalue weighted by Gasteiger charge is 2.13. The van der Waals surface area contributed by atoms with Crippen molar-refractivity contribution in [2.45, 2.75) is 19.9 Å². The van der Waals surface area contributed by atoms with Gasteiger partial charge >= 0.3 is 0 Å². The molecule has 0 radical (unpaired) electrons. The first-order chi connectivity index (χ1) is 13.2. The van der Waals surface area contributed by atoms with E-state index in [9.17, 15) is 4.79 Å². The van der Waals surface area contributed by atoms with E-state index in [4.69, 9.17) is 9.47 Å². The quantitative estimate of drug-likeness (QED) is 0.541. The highest BCUT2D eigenvalue weighted by molar-refractivity contribution is 5.75. The largest absolute Gasteiger partial charge is 0.490 e. The Hall–Kier alpha value is -3.42. The van der Waals surface area contributed by atoms with Gasteiger partial charge in [-0.2, -0.15) is 5.10 Å². The van der Waals surface area contributed by atoms with E-state index in [1.165, 1.54) is 0 Å². The second-order valence-corrected chi connectivity index (χ2v) is 6.57. The number of nitrogens with zero attached hydrogens (tertiary/aromatic N) is 5. The summed E-state index contributed by atoms with van der Waals surface area (Å²) in [7, 11) is 0. The first-order valence-corrected chi connectivity index (χ1v) is 8.80. The molecule has 0 aliphatic carbocycles. The van der Waals surface area contributed by atoms with Crippen LogP contribution >= 0.6 is 0 Å². The van der Waals surface area contributed by atoms with E-state index in [1.807, 2.05) is 37.3 Å². The maximum atomic E-state index is 12.9. The predicted octanol–water partition coefficient (Wildman–Crippen LogP) is 1.96. The van der Waals surface area contributed by atoms with Crippen LogP contribution in [0.1, 0.15) is 17.7 Å². The van der Waals surface area contributed by atoms with Gasteiger partial charge in [-0.1, -0.05) is 6.07 Å². The SMILES string of the molecule is Cc1cc2nnc3c(=O)n(Cc4ccc5c(c4)OCCCO5)ccc3n2n1. The van der Waals surface area contributed by atoms with Crippen molar-refractivity contribution in [1.29, 1.82) is 0 Å². The van der Waals surface area contributed by atoms with Crippen LogP contribution in [0.15, 0.2) is 41.3 Å². The van der Waals surface area contributed by atoms with Crippen LogP contribution in [0.25, 0.3) is 16.7 Å². The molecule has 3 aromatic heterocycles. The second kappa shape index (κ2) is 6.08. The van der Waals surface area contributed by atoms with Crippen LogP contribution in [0.5, 0.6) is 11.5 Å². The molecule has 27 heavy (non-hydrogen) atoms. The van der Waals surface area contributed by atoms with Crippen molar-refractivity contribution < 1.29 is 9.47 Å². The number of hydrogen-bond acceptors (Lipinski definition) is 6. The minimum absolute atomic E-state index is 0.206. The van der Waals surface area contributed by atoms with Crippen molar-refractivity contribution in [1.82, 2.24) is 24.4 Å². The Kier molecular flexibility index (Phi) is 3.56. The Labute approximate surface area is 154 Å².